The normalized spacial score (nSPS) is 11.1. The van der Waals surface area contributed by atoms with Crippen LogP contribution in [-0.2, 0) is 16.6 Å². The summed E-state index contributed by atoms with van der Waals surface area (Å²) in [4.78, 5) is 11.6. The molecule has 0 heterocycles. The molecule has 0 saturated carbocycles. The maximum absolute atomic E-state index is 13.4. The summed E-state index contributed by atoms with van der Waals surface area (Å²) in [7, 11) is -4.01. The van der Waals surface area contributed by atoms with E-state index in [0.717, 1.165) is 11.6 Å². The number of amides is 2. The molecular formula is C15H14F2N2O3S. The molecule has 0 aromatic heterocycles. The van der Waals surface area contributed by atoms with E-state index in [1.807, 2.05) is 4.72 Å². The maximum atomic E-state index is 13.4. The van der Waals surface area contributed by atoms with Crippen molar-refractivity contribution in [1.29, 1.82) is 0 Å². The van der Waals surface area contributed by atoms with E-state index in [9.17, 15) is 22.0 Å². The van der Waals surface area contributed by atoms with Crippen molar-refractivity contribution in [1.82, 2.24) is 10.0 Å². The van der Waals surface area contributed by atoms with E-state index < -0.39 is 27.7 Å². The highest BCUT2D eigenvalue weighted by Gasteiger charge is 2.17. The highest BCUT2D eigenvalue weighted by Crippen LogP contribution is 2.11. The van der Waals surface area contributed by atoms with Gasteiger partial charge in [0.15, 0.2) is 0 Å². The molecule has 0 atom stereocenters. The van der Waals surface area contributed by atoms with Crippen molar-refractivity contribution in [3.8, 4) is 0 Å². The Kier molecular flexibility index (Phi) is 4.95. The van der Waals surface area contributed by atoms with Crippen molar-refractivity contribution in [3.63, 3.8) is 0 Å². The van der Waals surface area contributed by atoms with Crippen molar-refractivity contribution < 1.29 is 22.0 Å². The number of aryl methyl sites for hydroxylation is 1. The standard InChI is InChI=1S/C15H14F2N2O3S/c1-10-2-6-13(7-3-10)23(21,22)19-15(20)18-9-11-4-5-12(16)8-14(11)17/h2-8H,9H2,1H3,(H2,18,19,20). The Morgan fingerprint density at radius 2 is 1.74 bits per heavy atom. The quantitative estimate of drug-likeness (QED) is 0.898. The van der Waals surface area contributed by atoms with Crippen LogP contribution in [0.15, 0.2) is 47.4 Å². The molecule has 2 aromatic carbocycles. The molecule has 2 rings (SSSR count). The predicted octanol–water partition coefficient (Wildman–Crippen LogP) is 2.46. The van der Waals surface area contributed by atoms with Gasteiger partial charge in [0.25, 0.3) is 10.0 Å². The van der Waals surface area contributed by atoms with E-state index in [2.05, 4.69) is 5.32 Å². The fourth-order valence-corrected chi connectivity index (χ4v) is 2.70. The zero-order valence-electron chi connectivity index (χ0n) is 12.1. The first-order valence-electron chi connectivity index (χ1n) is 6.59. The zero-order chi connectivity index (χ0) is 17.0. The number of urea groups is 1. The van der Waals surface area contributed by atoms with E-state index >= 15 is 0 Å². The van der Waals surface area contributed by atoms with Gasteiger partial charge in [0.2, 0.25) is 0 Å². The Hall–Kier alpha value is -2.48. The molecule has 2 amide bonds. The third kappa shape index (κ3) is 4.49. The van der Waals surface area contributed by atoms with Crippen molar-refractivity contribution >= 4 is 16.1 Å². The first-order chi connectivity index (χ1) is 10.8. The van der Waals surface area contributed by atoms with E-state index in [4.69, 9.17) is 0 Å². The Morgan fingerprint density at radius 3 is 2.35 bits per heavy atom. The topological polar surface area (TPSA) is 75.3 Å². The molecule has 8 heteroatoms. The summed E-state index contributed by atoms with van der Waals surface area (Å²) in [6, 6.07) is 7.81. The minimum absolute atomic E-state index is 0.0364. The largest absolute Gasteiger partial charge is 0.333 e. The van der Waals surface area contributed by atoms with E-state index in [-0.39, 0.29) is 17.0 Å². The lowest BCUT2D eigenvalue weighted by molar-refractivity contribution is 0.245. The molecule has 0 aliphatic rings. The van der Waals surface area contributed by atoms with Crippen molar-refractivity contribution in [2.24, 2.45) is 0 Å². The van der Waals surface area contributed by atoms with Gasteiger partial charge in [-0.1, -0.05) is 23.8 Å². The third-order valence-electron chi connectivity index (χ3n) is 3.01. The zero-order valence-corrected chi connectivity index (χ0v) is 13.0. The minimum Gasteiger partial charge on any atom is -0.333 e. The molecule has 122 valence electrons. The van der Waals surface area contributed by atoms with Gasteiger partial charge in [-0.3, -0.25) is 0 Å². The van der Waals surface area contributed by atoms with Crippen LogP contribution >= 0.6 is 0 Å². The summed E-state index contributed by atoms with van der Waals surface area (Å²) in [5, 5.41) is 2.20. The van der Waals surface area contributed by atoms with Gasteiger partial charge in [0.05, 0.1) is 4.90 Å². The van der Waals surface area contributed by atoms with Crippen LogP contribution in [0.25, 0.3) is 0 Å². The van der Waals surface area contributed by atoms with Crippen molar-refractivity contribution in [2.75, 3.05) is 0 Å². The Bertz CT molecular complexity index is 821. The van der Waals surface area contributed by atoms with Crippen LogP contribution < -0.4 is 10.0 Å². The van der Waals surface area contributed by atoms with Crippen LogP contribution in [0.4, 0.5) is 13.6 Å². The van der Waals surface area contributed by atoms with Crippen LogP contribution in [0.5, 0.6) is 0 Å². The Morgan fingerprint density at radius 1 is 1.09 bits per heavy atom. The van der Waals surface area contributed by atoms with Crippen LogP contribution in [-0.4, -0.2) is 14.4 Å². The van der Waals surface area contributed by atoms with Crippen LogP contribution in [0.1, 0.15) is 11.1 Å². The van der Waals surface area contributed by atoms with Gasteiger partial charge in [-0.05, 0) is 25.1 Å². The smallest absolute Gasteiger partial charge is 0.328 e. The molecule has 2 aromatic rings. The molecule has 5 nitrogen and oxygen atoms in total. The number of halogens is 2. The predicted molar refractivity (Wildman–Crippen MR) is 80.1 cm³/mol. The van der Waals surface area contributed by atoms with E-state index in [0.29, 0.717) is 6.07 Å². The number of carbonyl (C=O) groups is 1. The average molecular weight is 340 g/mol. The monoisotopic (exact) mass is 340 g/mol. The maximum Gasteiger partial charge on any atom is 0.328 e. The summed E-state index contributed by atoms with van der Waals surface area (Å²) in [5.74, 6) is -1.57. The third-order valence-corrected chi connectivity index (χ3v) is 4.36. The van der Waals surface area contributed by atoms with Gasteiger partial charge in [0, 0.05) is 18.2 Å². The van der Waals surface area contributed by atoms with E-state index in [1.54, 1.807) is 19.1 Å². The van der Waals surface area contributed by atoms with Crippen LogP contribution in [0, 0.1) is 18.6 Å². The Labute approximate surface area is 132 Å². The number of hydrogen-bond donors (Lipinski definition) is 2. The number of benzene rings is 2. The molecule has 0 fully saturated rings. The lowest BCUT2D eigenvalue weighted by Gasteiger charge is -2.09. The molecule has 23 heavy (non-hydrogen) atoms. The number of sulfonamides is 1. The molecule has 0 aliphatic carbocycles. The van der Waals surface area contributed by atoms with Gasteiger partial charge >= 0.3 is 6.03 Å². The first kappa shape index (κ1) is 16.9. The molecule has 0 unspecified atom stereocenters. The van der Waals surface area contributed by atoms with Gasteiger partial charge in [-0.25, -0.2) is 26.7 Å². The molecule has 2 N–H and O–H groups in total. The second kappa shape index (κ2) is 6.74. The van der Waals surface area contributed by atoms with Crippen LogP contribution in [0.3, 0.4) is 0 Å². The summed E-state index contributed by atoms with van der Waals surface area (Å²) >= 11 is 0. The highest BCUT2D eigenvalue weighted by atomic mass is 32.2. The number of hydrogen-bond acceptors (Lipinski definition) is 3. The van der Waals surface area contributed by atoms with Gasteiger partial charge in [-0.2, -0.15) is 0 Å². The molecule has 0 bridgehead atoms. The molecule has 0 aliphatic heterocycles. The SMILES string of the molecule is Cc1ccc(S(=O)(=O)NC(=O)NCc2ccc(F)cc2F)cc1. The van der Waals surface area contributed by atoms with E-state index in [1.165, 1.54) is 18.2 Å². The second-order valence-corrected chi connectivity index (χ2v) is 6.52. The molecule has 0 radical (unpaired) electrons. The lowest BCUT2D eigenvalue weighted by Crippen LogP contribution is -2.39. The van der Waals surface area contributed by atoms with Crippen molar-refractivity contribution in [3.05, 3.63) is 65.2 Å². The molecule has 0 saturated heterocycles. The number of carbonyl (C=O) groups excluding carboxylic acids is 1. The fraction of sp³-hybridized carbons (Fsp3) is 0.133. The number of rotatable bonds is 4. The van der Waals surface area contributed by atoms with Gasteiger partial charge in [0.1, 0.15) is 11.6 Å². The summed E-state index contributed by atoms with van der Waals surface area (Å²) in [5.41, 5.74) is 0.912. The lowest BCUT2D eigenvalue weighted by atomic mass is 10.2. The van der Waals surface area contributed by atoms with Gasteiger partial charge < -0.3 is 5.32 Å². The van der Waals surface area contributed by atoms with Gasteiger partial charge in [-0.15, -0.1) is 0 Å². The Balaban J connectivity index is 2.00. The summed E-state index contributed by atoms with van der Waals surface area (Å²) in [6.07, 6.45) is 0. The summed E-state index contributed by atoms with van der Waals surface area (Å²) in [6.45, 7) is 1.52. The van der Waals surface area contributed by atoms with Crippen LogP contribution in [0.2, 0.25) is 0 Å². The summed E-state index contributed by atoms with van der Waals surface area (Å²) < 4.78 is 52.0. The molecular weight excluding hydrogens is 326 g/mol. The fourth-order valence-electron chi connectivity index (χ4n) is 1.78. The highest BCUT2D eigenvalue weighted by molar-refractivity contribution is 7.90. The first-order valence-corrected chi connectivity index (χ1v) is 8.07. The van der Waals surface area contributed by atoms with Crippen molar-refractivity contribution in [2.45, 2.75) is 18.4 Å². The second-order valence-electron chi connectivity index (χ2n) is 4.84. The average Bonchev–Trinajstić information content (AvgIpc) is 2.46. The number of nitrogens with one attached hydrogen (secondary N) is 2. The minimum atomic E-state index is -4.01. The molecule has 0 spiro atoms.